The maximum Gasteiger partial charge on any atom is 0.149 e. The number of imidazole rings is 1. The van der Waals surface area contributed by atoms with Gasteiger partial charge in [-0.25, -0.2) is 4.98 Å². The maximum atomic E-state index is 12.9. The lowest BCUT2D eigenvalue weighted by molar-refractivity contribution is -0.0340. The van der Waals surface area contributed by atoms with Crippen molar-refractivity contribution >= 4 is 11.0 Å². The second kappa shape index (κ2) is 12.6. The van der Waals surface area contributed by atoms with Crippen molar-refractivity contribution in [1.82, 2.24) is 14.5 Å². The quantitative estimate of drug-likeness (QED) is 0.149. The molecule has 0 spiro atoms. The summed E-state index contributed by atoms with van der Waals surface area (Å²) in [5.74, 6) is 4.74. The van der Waals surface area contributed by atoms with E-state index in [0.717, 1.165) is 68.6 Å². The first-order valence-electron chi connectivity index (χ1n) is 25.1. The Morgan fingerprint density at radius 2 is 1.03 bits per heavy atom. The van der Waals surface area contributed by atoms with Crippen LogP contribution in [0.25, 0.3) is 72.7 Å². The molecule has 0 aliphatic heterocycles. The van der Waals surface area contributed by atoms with Gasteiger partial charge < -0.3 is 5.11 Å². The van der Waals surface area contributed by atoms with Crippen LogP contribution in [0.5, 0.6) is 5.75 Å². The Kier molecular flexibility index (Phi) is 7.04. The maximum absolute atomic E-state index is 12.9. The number of rotatable bonds is 10. The fourth-order valence-electron chi connectivity index (χ4n) is 15.1. The predicted molar refractivity (Wildman–Crippen MR) is 264 cm³/mol. The second-order valence-electron chi connectivity index (χ2n) is 23.1. The van der Waals surface area contributed by atoms with Gasteiger partial charge in [0.05, 0.1) is 28.0 Å². The summed E-state index contributed by atoms with van der Waals surface area (Å²) >= 11 is 0. The van der Waals surface area contributed by atoms with Gasteiger partial charge in [0.25, 0.3) is 0 Å². The average Bonchev–Trinajstić information content (AvgIpc) is 3.60. The first-order valence-corrected chi connectivity index (χ1v) is 25.1. The number of phenols is 1. The van der Waals surface area contributed by atoms with Crippen molar-refractivity contribution in [2.45, 2.75) is 98.7 Å². The van der Waals surface area contributed by atoms with E-state index in [4.69, 9.17) is 9.97 Å². The molecule has 8 aromatic rings. The van der Waals surface area contributed by atoms with Gasteiger partial charge >= 0.3 is 0 Å². The molecular formula is C62H53N3O. The molecule has 4 heteroatoms. The SMILES string of the molecule is Oc1c(-c2nc3c(-c4cc(-c5cc(-c6ccccc6)ccn5)cc(C56CC(C5)C6)c4)cccc3n2-c2ccc(C34CC(C3)C4)cc2-c2ccccc2)cc(C23CC(C2)C3)cc1C12CC(C1)C2. The van der Waals surface area contributed by atoms with Crippen LogP contribution >= 0.6 is 0 Å². The molecule has 0 atom stereocenters. The van der Waals surface area contributed by atoms with Gasteiger partial charge in [0.2, 0.25) is 0 Å². The number of phenolic OH excluding ortho intramolecular Hbond substituents is 1. The van der Waals surface area contributed by atoms with Crippen LogP contribution in [-0.2, 0) is 21.7 Å². The molecule has 8 bridgehead atoms. The normalized spacial score (nSPS) is 30.9. The Labute approximate surface area is 386 Å². The third-order valence-corrected chi connectivity index (χ3v) is 19.3. The van der Waals surface area contributed by atoms with Gasteiger partial charge in [0.15, 0.2) is 0 Å². The van der Waals surface area contributed by atoms with Gasteiger partial charge in [-0.1, -0.05) is 91.0 Å². The van der Waals surface area contributed by atoms with Gasteiger partial charge in [-0.3, -0.25) is 9.55 Å². The highest BCUT2D eigenvalue weighted by molar-refractivity contribution is 5.98. The van der Waals surface area contributed by atoms with Crippen LogP contribution in [0.1, 0.15) is 99.3 Å². The molecule has 0 radical (unpaired) electrons. The van der Waals surface area contributed by atoms with Crippen LogP contribution in [0, 0.1) is 23.7 Å². The minimum absolute atomic E-state index is 0.106. The van der Waals surface area contributed by atoms with Crippen molar-refractivity contribution in [2.24, 2.45) is 23.7 Å². The van der Waals surface area contributed by atoms with E-state index in [-0.39, 0.29) is 16.2 Å². The summed E-state index contributed by atoms with van der Waals surface area (Å²) in [6, 6.07) is 52.4. The summed E-state index contributed by atoms with van der Waals surface area (Å²) in [6.45, 7) is 0. The summed E-state index contributed by atoms with van der Waals surface area (Å²) in [5.41, 5.74) is 19.8. The highest BCUT2D eigenvalue weighted by Crippen LogP contribution is 2.70. The minimum Gasteiger partial charge on any atom is -0.507 e. The molecule has 20 rings (SSSR count). The molecule has 0 unspecified atom stereocenters. The predicted octanol–water partition coefficient (Wildman–Crippen LogP) is 14.7. The number of hydrogen-bond acceptors (Lipinski definition) is 3. The second-order valence-corrected chi connectivity index (χ2v) is 23.1. The van der Waals surface area contributed by atoms with Crippen molar-refractivity contribution in [3.05, 3.63) is 168 Å². The van der Waals surface area contributed by atoms with Crippen LogP contribution in [0.15, 0.2) is 146 Å². The molecule has 12 fully saturated rings. The topological polar surface area (TPSA) is 50.9 Å². The summed E-state index contributed by atoms with van der Waals surface area (Å²) < 4.78 is 2.44. The first-order chi connectivity index (χ1) is 32.3. The van der Waals surface area contributed by atoms with Crippen molar-refractivity contribution in [3.63, 3.8) is 0 Å². The largest absolute Gasteiger partial charge is 0.507 e. The Bertz CT molecular complexity index is 3330. The van der Waals surface area contributed by atoms with Crippen LogP contribution in [0.3, 0.4) is 0 Å². The molecule has 12 aliphatic rings. The highest BCUT2D eigenvalue weighted by atomic mass is 16.3. The lowest BCUT2D eigenvalue weighted by Gasteiger charge is -2.64. The molecule has 1 N–H and O–H groups in total. The molecule has 2 heterocycles. The number of benzene rings is 6. The van der Waals surface area contributed by atoms with E-state index in [1.54, 1.807) is 0 Å². The van der Waals surface area contributed by atoms with Crippen LogP contribution in [-0.4, -0.2) is 19.6 Å². The van der Waals surface area contributed by atoms with Gasteiger partial charge in [0.1, 0.15) is 11.6 Å². The lowest BCUT2D eigenvalue weighted by atomic mass is 9.40. The van der Waals surface area contributed by atoms with Crippen molar-refractivity contribution in [2.75, 3.05) is 0 Å². The van der Waals surface area contributed by atoms with Gasteiger partial charge in [-0.15, -0.1) is 0 Å². The van der Waals surface area contributed by atoms with E-state index in [9.17, 15) is 5.11 Å². The zero-order chi connectivity index (χ0) is 43.1. The monoisotopic (exact) mass is 855 g/mol. The van der Waals surface area contributed by atoms with Gasteiger partial charge in [-0.05, 0) is 210 Å². The number of pyridine rings is 1. The number of para-hydroxylation sites is 1. The molecule has 4 nitrogen and oxygen atoms in total. The molecule has 12 saturated carbocycles. The molecule has 322 valence electrons. The number of nitrogens with zero attached hydrogens (tertiary/aromatic N) is 3. The molecule has 2 aromatic heterocycles. The molecular weight excluding hydrogens is 803 g/mol. The van der Waals surface area contributed by atoms with Gasteiger partial charge in [0, 0.05) is 28.5 Å². The Balaban J connectivity index is 0.944. The zero-order valence-corrected chi connectivity index (χ0v) is 37.4. The summed E-state index contributed by atoms with van der Waals surface area (Å²) in [7, 11) is 0. The smallest absolute Gasteiger partial charge is 0.149 e. The van der Waals surface area contributed by atoms with Crippen molar-refractivity contribution < 1.29 is 5.11 Å². The Morgan fingerprint density at radius 3 is 1.67 bits per heavy atom. The number of fused-ring (bicyclic) bond motifs is 1. The molecule has 6 aromatic carbocycles. The standard InChI is InChI=1S/C62H53N3O/c66-57-51(23-48(61-31-39(32-61)33-61)24-52(57)62-34-40(35-62)36-62)58-64-56-49(12-7-13-55(56)65(58)54-15-14-46(59-25-37(26-59)27-59)22-50(54)42-10-5-2-6-11-42)44-18-45(20-47(19-44)60-28-38(29-60)30-60)53-21-43(16-17-63-53)41-8-3-1-4-9-41/h1-24,37-40,66H,25-36H2. The summed E-state index contributed by atoms with van der Waals surface area (Å²) in [6.07, 6.45) is 17.2. The van der Waals surface area contributed by atoms with E-state index in [1.807, 2.05) is 6.20 Å². The van der Waals surface area contributed by atoms with Crippen LogP contribution in [0.4, 0.5) is 0 Å². The zero-order valence-electron chi connectivity index (χ0n) is 37.4. The summed E-state index contributed by atoms with van der Waals surface area (Å²) in [5, 5.41) is 12.9. The molecule has 0 amide bonds. The average molecular weight is 856 g/mol. The minimum atomic E-state index is 0.106. The Morgan fingerprint density at radius 1 is 0.439 bits per heavy atom. The number of aromatic hydroxyl groups is 1. The van der Waals surface area contributed by atoms with E-state index >= 15 is 0 Å². The van der Waals surface area contributed by atoms with Crippen molar-refractivity contribution in [3.8, 4) is 67.5 Å². The number of aromatic nitrogens is 3. The van der Waals surface area contributed by atoms with Crippen LogP contribution < -0.4 is 0 Å². The van der Waals surface area contributed by atoms with Crippen molar-refractivity contribution in [1.29, 1.82) is 0 Å². The van der Waals surface area contributed by atoms with E-state index in [0.29, 0.717) is 11.2 Å². The molecule has 66 heavy (non-hydrogen) atoms. The molecule has 12 aliphatic carbocycles. The van der Waals surface area contributed by atoms with E-state index in [1.165, 1.54) is 127 Å². The van der Waals surface area contributed by atoms with E-state index < -0.39 is 0 Å². The van der Waals surface area contributed by atoms with E-state index in [2.05, 4.69) is 144 Å². The third kappa shape index (κ3) is 4.90. The fourth-order valence-corrected chi connectivity index (χ4v) is 15.1. The number of hydrogen-bond donors (Lipinski definition) is 1. The highest BCUT2D eigenvalue weighted by Gasteiger charge is 2.61. The third-order valence-electron chi connectivity index (χ3n) is 19.3. The fraction of sp³-hybridized carbons (Fsp3) is 0.323. The van der Waals surface area contributed by atoms with Gasteiger partial charge in [-0.2, -0.15) is 0 Å². The van der Waals surface area contributed by atoms with Crippen LogP contribution in [0.2, 0.25) is 0 Å². The molecule has 0 saturated heterocycles. The Hall–Kier alpha value is -6.26. The summed E-state index contributed by atoms with van der Waals surface area (Å²) in [4.78, 5) is 10.9. The lowest BCUT2D eigenvalue weighted by Crippen LogP contribution is -2.57. The first kappa shape index (κ1) is 36.9.